The van der Waals surface area contributed by atoms with Crippen molar-refractivity contribution in [3.05, 3.63) is 33.8 Å². The maximum Gasteiger partial charge on any atom is 0.127 e. The van der Waals surface area contributed by atoms with Gasteiger partial charge in [-0.3, -0.25) is 0 Å². The summed E-state index contributed by atoms with van der Waals surface area (Å²) in [4.78, 5) is 11.0. The molecule has 86 valence electrons. The Kier molecular flexibility index (Phi) is 3.47. The van der Waals surface area contributed by atoms with E-state index >= 15 is 0 Å². The van der Waals surface area contributed by atoms with E-state index in [1.54, 1.807) is 18.2 Å². The average Bonchev–Trinajstić information content (AvgIpc) is 2.59. The molecule has 1 aromatic rings. The number of hydrogen-bond donors (Lipinski definition) is 3. The average molecular weight is 260 g/mol. The summed E-state index contributed by atoms with van der Waals surface area (Å²) in [6, 6.07) is 4.94. The second-order valence-electron chi connectivity index (χ2n) is 3.67. The lowest BCUT2D eigenvalue weighted by Gasteiger charge is -2.16. The van der Waals surface area contributed by atoms with E-state index in [0.717, 1.165) is 11.8 Å². The minimum Gasteiger partial charge on any atom is -0.314 e. The molecule has 0 saturated carbocycles. The third kappa shape index (κ3) is 2.07. The van der Waals surface area contributed by atoms with Crippen LogP contribution in [-0.4, -0.2) is 12.5 Å². The topological polar surface area (TPSA) is 67.2 Å². The molecule has 0 radical (unpaired) electrons. The Bertz CT molecular complexity index is 413. The zero-order chi connectivity index (χ0) is 11.7. The van der Waals surface area contributed by atoms with Gasteiger partial charge in [-0.25, -0.2) is 10.9 Å². The maximum absolute atomic E-state index is 11.0. The molecule has 0 spiro atoms. The van der Waals surface area contributed by atoms with Gasteiger partial charge in [-0.1, -0.05) is 29.3 Å². The van der Waals surface area contributed by atoms with E-state index in [0.29, 0.717) is 10.0 Å². The number of nitrogens with one attached hydrogen (secondary N) is 2. The molecule has 1 aromatic carbocycles. The van der Waals surface area contributed by atoms with Crippen LogP contribution in [0.3, 0.4) is 0 Å². The summed E-state index contributed by atoms with van der Waals surface area (Å²) in [6.07, 6.45) is 0.419. The fraction of sp³-hybridized carbons (Fsp3) is 0.300. The van der Waals surface area contributed by atoms with Crippen molar-refractivity contribution in [1.82, 2.24) is 10.9 Å². The Labute approximate surface area is 103 Å². The van der Waals surface area contributed by atoms with Crippen LogP contribution in [0.1, 0.15) is 11.6 Å². The molecule has 1 aliphatic heterocycles. The Morgan fingerprint density at radius 2 is 2.06 bits per heavy atom. The van der Waals surface area contributed by atoms with Gasteiger partial charge in [0.2, 0.25) is 0 Å². The number of hydrogen-bond acceptors (Lipinski definition) is 4. The van der Waals surface area contributed by atoms with E-state index in [9.17, 15) is 4.79 Å². The fourth-order valence-electron chi connectivity index (χ4n) is 1.79. The summed E-state index contributed by atoms with van der Waals surface area (Å²) < 4.78 is 0. The van der Waals surface area contributed by atoms with Gasteiger partial charge in [0.15, 0.2) is 0 Å². The highest BCUT2D eigenvalue weighted by Gasteiger charge is 2.35. The van der Waals surface area contributed by atoms with Gasteiger partial charge >= 0.3 is 0 Å². The molecule has 0 aliphatic carbocycles. The first-order valence-corrected chi connectivity index (χ1v) is 5.56. The van der Waals surface area contributed by atoms with Gasteiger partial charge in [0, 0.05) is 10.0 Å². The molecule has 1 heterocycles. The third-order valence-electron chi connectivity index (χ3n) is 2.66. The second kappa shape index (κ2) is 4.69. The first kappa shape index (κ1) is 11.8. The van der Waals surface area contributed by atoms with Crippen molar-refractivity contribution in [1.29, 1.82) is 0 Å². The molecule has 1 aliphatic rings. The van der Waals surface area contributed by atoms with Crippen LogP contribution in [0.15, 0.2) is 18.2 Å². The molecular weight excluding hydrogens is 249 g/mol. The Morgan fingerprint density at radius 3 is 2.69 bits per heavy atom. The van der Waals surface area contributed by atoms with E-state index in [1.807, 2.05) is 0 Å². The van der Waals surface area contributed by atoms with Crippen molar-refractivity contribution >= 4 is 29.5 Å². The fourth-order valence-corrected chi connectivity index (χ4v) is 2.31. The van der Waals surface area contributed by atoms with Gasteiger partial charge < -0.3 is 10.5 Å². The minimum atomic E-state index is -0.408. The highest BCUT2D eigenvalue weighted by Crippen LogP contribution is 2.32. The van der Waals surface area contributed by atoms with E-state index in [-0.39, 0.29) is 12.0 Å². The number of rotatable bonds is 2. The molecule has 3 atom stereocenters. The van der Waals surface area contributed by atoms with Crippen LogP contribution in [-0.2, 0) is 4.79 Å². The lowest BCUT2D eigenvalue weighted by Crippen LogP contribution is -2.39. The number of carbonyl (C=O) groups is 1. The number of nitrogens with two attached hydrogens (primary N) is 1. The van der Waals surface area contributed by atoms with E-state index in [4.69, 9.17) is 28.9 Å². The summed E-state index contributed by atoms with van der Waals surface area (Å²) in [6.45, 7) is 0. The highest BCUT2D eigenvalue weighted by molar-refractivity contribution is 6.35. The van der Waals surface area contributed by atoms with Crippen molar-refractivity contribution in [2.45, 2.75) is 12.2 Å². The molecule has 4 N–H and O–H groups in total. The molecular formula is C10H11Cl2N3O. The molecule has 1 saturated heterocycles. The number of aldehydes is 1. The van der Waals surface area contributed by atoms with Crippen LogP contribution in [0.5, 0.6) is 0 Å². The summed E-state index contributed by atoms with van der Waals surface area (Å²) >= 11 is 11.9. The van der Waals surface area contributed by atoms with Crippen LogP contribution in [0.2, 0.25) is 10.0 Å². The van der Waals surface area contributed by atoms with Gasteiger partial charge in [0.25, 0.3) is 0 Å². The predicted octanol–water partition coefficient (Wildman–Crippen LogP) is 1.24. The molecule has 2 rings (SSSR count). The molecule has 4 nitrogen and oxygen atoms in total. The molecule has 6 heteroatoms. The summed E-state index contributed by atoms with van der Waals surface area (Å²) in [7, 11) is 0. The van der Waals surface area contributed by atoms with Gasteiger partial charge in [0.1, 0.15) is 6.29 Å². The highest BCUT2D eigenvalue weighted by atomic mass is 35.5. The van der Waals surface area contributed by atoms with Gasteiger partial charge in [0.05, 0.1) is 18.1 Å². The minimum absolute atomic E-state index is 0.225. The van der Waals surface area contributed by atoms with Crippen LogP contribution in [0.25, 0.3) is 0 Å². The third-order valence-corrected chi connectivity index (χ3v) is 3.22. The first-order valence-electron chi connectivity index (χ1n) is 4.80. The Balaban J connectivity index is 2.33. The SMILES string of the molecule is NC1NNC(c2ccc(Cl)cc2Cl)C1C=O. The van der Waals surface area contributed by atoms with Crippen molar-refractivity contribution < 1.29 is 4.79 Å². The summed E-state index contributed by atoms with van der Waals surface area (Å²) in [5, 5.41) is 1.08. The quantitative estimate of drug-likeness (QED) is 0.700. The standard InChI is InChI=1S/C10H11Cl2N3O/c11-5-1-2-6(8(12)3-5)9-7(4-16)10(13)15-14-9/h1-4,7,9-10,14-15H,13H2. The molecule has 0 amide bonds. The van der Waals surface area contributed by atoms with Crippen molar-refractivity contribution in [3.63, 3.8) is 0 Å². The van der Waals surface area contributed by atoms with Crippen LogP contribution in [0, 0.1) is 5.92 Å². The number of hydrazine groups is 1. The molecule has 1 fully saturated rings. The number of benzene rings is 1. The van der Waals surface area contributed by atoms with E-state index in [1.165, 1.54) is 0 Å². The normalized spacial score (nSPS) is 29.3. The van der Waals surface area contributed by atoms with E-state index < -0.39 is 6.17 Å². The maximum atomic E-state index is 11.0. The van der Waals surface area contributed by atoms with Gasteiger partial charge in [-0.2, -0.15) is 0 Å². The lowest BCUT2D eigenvalue weighted by atomic mass is 9.94. The monoisotopic (exact) mass is 259 g/mol. The zero-order valence-electron chi connectivity index (χ0n) is 8.28. The van der Waals surface area contributed by atoms with Crippen molar-refractivity contribution in [2.24, 2.45) is 11.7 Å². The number of halogens is 2. The Morgan fingerprint density at radius 1 is 1.31 bits per heavy atom. The Hall–Kier alpha value is -0.650. The largest absolute Gasteiger partial charge is 0.314 e. The molecule has 0 aromatic heterocycles. The number of carbonyl (C=O) groups excluding carboxylic acids is 1. The summed E-state index contributed by atoms with van der Waals surface area (Å²) in [5.74, 6) is -0.348. The van der Waals surface area contributed by atoms with Crippen molar-refractivity contribution in [2.75, 3.05) is 0 Å². The first-order chi connectivity index (χ1) is 7.63. The smallest absolute Gasteiger partial charge is 0.127 e. The molecule has 3 unspecified atom stereocenters. The van der Waals surface area contributed by atoms with Crippen LogP contribution >= 0.6 is 23.2 Å². The van der Waals surface area contributed by atoms with E-state index in [2.05, 4.69) is 10.9 Å². The van der Waals surface area contributed by atoms with Crippen LogP contribution < -0.4 is 16.6 Å². The molecule has 0 bridgehead atoms. The van der Waals surface area contributed by atoms with Gasteiger partial charge in [-0.15, -0.1) is 0 Å². The second-order valence-corrected chi connectivity index (χ2v) is 4.52. The zero-order valence-corrected chi connectivity index (χ0v) is 9.79. The van der Waals surface area contributed by atoms with Crippen molar-refractivity contribution in [3.8, 4) is 0 Å². The molecule has 16 heavy (non-hydrogen) atoms. The van der Waals surface area contributed by atoms with Crippen LogP contribution in [0.4, 0.5) is 0 Å². The summed E-state index contributed by atoms with van der Waals surface area (Å²) in [5.41, 5.74) is 12.3. The predicted molar refractivity (Wildman–Crippen MR) is 63.0 cm³/mol. The lowest BCUT2D eigenvalue weighted by molar-refractivity contribution is -0.111. The van der Waals surface area contributed by atoms with Gasteiger partial charge in [-0.05, 0) is 17.7 Å².